The third-order valence-corrected chi connectivity index (χ3v) is 4.98. The number of hydrogen-bond acceptors (Lipinski definition) is 3. The highest BCUT2D eigenvalue weighted by Gasteiger charge is 2.32. The number of benzene rings is 1. The van der Waals surface area contributed by atoms with Gasteiger partial charge in [-0.15, -0.1) is 6.58 Å². The van der Waals surface area contributed by atoms with E-state index in [4.69, 9.17) is 5.26 Å². The highest BCUT2D eigenvalue weighted by molar-refractivity contribution is 7.89. The van der Waals surface area contributed by atoms with Gasteiger partial charge in [0.15, 0.2) is 0 Å². The van der Waals surface area contributed by atoms with Crippen molar-refractivity contribution >= 4 is 10.0 Å². The SMILES string of the molecule is C=CCN(C(C)(C)C)S(=O)(=O)c1ccc(CC#N)cc1. The van der Waals surface area contributed by atoms with Crippen molar-refractivity contribution in [3.05, 3.63) is 42.5 Å². The minimum Gasteiger partial charge on any atom is -0.207 e. The number of rotatable bonds is 5. The van der Waals surface area contributed by atoms with Gasteiger partial charge < -0.3 is 0 Å². The van der Waals surface area contributed by atoms with Crippen LogP contribution in [-0.2, 0) is 16.4 Å². The van der Waals surface area contributed by atoms with E-state index in [0.717, 1.165) is 5.56 Å². The maximum Gasteiger partial charge on any atom is 0.243 e. The van der Waals surface area contributed by atoms with Crippen molar-refractivity contribution in [2.75, 3.05) is 6.54 Å². The first-order valence-corrected chi connectivity index (χ1v) is 7.77. The van der Waals surface area contributed by atoms with E-state index in [1.807, 2.05) is 26.8 Å². The van der Waals surface area contributed by atoms with E-state index in [9.17, 15) is 8.42 Å². The maximum atomic E-state index is 12.7. The quantitative estimate of drug-likeness (QED) is 0.784. The highest BCUT2D eigenvalue weighted by atomic mass is 32.2. The van der Waals surface area contributed by atoms with Crippen molar-refractivity contribution < 1.29 is 8.42 Å². The average molecular weight is 292 g/mol. The van der Waals surface area contributed by atoms with Crippen LogP contribution in [0.4, 0.5) is 0 Å². The fourth-order valence-electron chi connectivity index (χ4n) is 1.85. The third kappa shape index (κ3) is 3.69. The lowest BCUT2D eigenvalue weighted by Crippen LogP contribution is -2.45. The van der Waals surface area contributed by atoms with Crippen LogP contribution >= 0.6 is 0 Å². The number of nitrogens with zero attached hydrogens (tertiary/aromatic N) is 2. The molecule has 0 saturated carbocycles. The lowest BCUT2D eigenvalue weighted by molar-refractivity contribution is 0.270. The largest absolute Gasteiger partial charge is 0.243 e. The second-order valence-electron chi connectivity index (χ2n) is 5.47. The van der Waals surface area contributed by atoms with Crippen LogP contribution in [0.2, 0.25) is 0 Å². The lowest BCUT2D eigenvalue weighted by atomic mass is 10.1. The van der Waals surface area contributed by atoms with Crippen LogP contribution in [0, 0.1) is 11.3 Å². The molecule has 0 amide bonds. The first-order chi connectivity index (χ1) is 9.23. The molecule has 0 aliphatic rings. The predicted molar refractivity (Wildman–Crippen MR) is 79.6 cm³/mol. The van der Waals surface area contributed by atoms with E-state index in [-0.39, 0.29) is 17.9 Å². The normalized spacial score (nSPS) is 12.2. The van der Waals surface area contributed by atoms with Gasteiger partial charge in [-0.3, -0.25) is 0 Å². The summed E-state index contributed by atoms with van der Waals surface area (Å²) in [5, 5.41) is 8.63. The van der Waals surface area contributed by atoms with Gasteiger partial charge in [0, 0.05) is 12.1 Å². The molecule has 1 aromatic carbocycles. The molecule has 108 valence electrons. The van der Waals surface area contributed by atoms with E-state index >= 15 is 0 Å². The molecule has 0 radical (unpaired) electrons. The molecular weight excluding hydrogens is 272 g/mol. The van der Waals surface area contributed by atoms with Gasteiger partial charge in [0.05, 0.1) is 17.4 Å². The van der Waals surface area contributed by atoms with Crippen molar-refractivity contribution in [3.8, 4) is 6.07 Å². The highest BCUT2D eigenvalue weighted by Crippen LogP contribution is 2.24. The smallest absolute Gasteiger partial charge is 0.207 e. The van der Waals surface area contributed by atoms with E-state index in [2.05, 4.69) is 6.58 Å². The van der Waals surface area contributed by atoms with Gasteiger partial charge in [-0.1, -0.05) is 18.2 Å². The summed E-state index contributed by atoms with van der Waals surface area (Å²) in [7, 11) is -3.57. The minimum atomic E-state index is -3.57. The van der Waals surface area contributed by atoms with Gasteiger partial charge in [0.1, 0.15) is 0 Å². The molecule has 0 bridgehead atoms. The molecule has 4 nitrogen and oxygen atoms in total. The Morgan fingerprint density at radius 1 is 1.30 bits per heavy atom. The molecule has 0 aliphatic carbocycles. The number of hydrogen-bond donors (Lipinski definition) is 0. The fourth-order valence-corrected chi connectivity index (χ4v) is 3.60. The summed E-state index contributed by atoms with van der Waals surface area (Å²) in [5.41, 5.74) is 0.274. The molecule has 0 aromatic heterocycles. The zero-order valence-corrected chi connectivity index (χ0v) is 12.9. The topological polar surface area (TPSA) is 61.2 Å². The van der Waals surface area contributed by atoms with Crippen molar-refractivity contribution in [2.24, 2.45) is 0 Å². The van der Waals surface area contributed by atoms with Crippen LogP contribution < -0.4 is 0 Å². The molecule has 0 heterocycles. The molecule has 0 spiro atoms. The van der Waals surface area contributed by atoms with E-state index in [1.165, 1.54) is 4.31 Å². The lowest BCUT2D eigenvalue weighted by Gasteiger charge is -2.33. The Balaban J connectivity index is 3.20. The van der Waals surface area contributed by atoms with Gasteiger partial charge in [-0.05, 0) is 38.5 Å². The average Bonchev–Trinajstić information content (AvgIpc) is 2.35. The van der Waals surface area contributed by atoms with Crippen LogP contribution in [0.1, 0.15) is 26.3 Å². The van der Waals surface area contributed by atoms with Crippen molar-refractivity contribution in [3.63, 3.8) is 0 Å². The Morgan fingerprint density at radius 2 is 1.85 bits per heavy atom. The summed E-state index contributed by atoms with van der Waals surface area (Å²) in [4.78, 5) is 0.232. The van der Waals surface area contributed by atoms with Crippen LogP contribution in [0.3, 0.4) is 0 Å². The number of sulfonamides is 1. The second-order valence-corrected chi connectivity index (χ2v) is 7.34. The molecular formula is C15H20N2O2S. The fraction of sp³-hybridized carbons (Fsp3) is 0.400. The van der Waals surface area contributed by atoms with Crippen LogP contribution in [-0.4, -0.2) is 24.8 Å². The monoisotopic (exact) mass is 292 g/mol. The zero-order chi connectivity index (χ0) is 15.4. The zero-order valence-electron chi connectivity index (χ0n) is 12.1. The minimum absolute atomic E-state index is 0.232. The maximum absolute atomic E-state index is 12.7. The van der Waals surface area contributed by atoms with E-state index in [0.29, 0.717) is 0 Å². The Hall–Kier alpha value is -1.64. The molecule has 0 saturated heterocycles. The molecule has 20 heavy (non-hydrogen) atoms. The molecule has 0 fully saturated rings. The third-order valence-electron chi connectivity index (χ3n) is 2.84. The Labute approximate surface area is 121 Å². The molecule has 0 unspecified atom stereocenters. The molecule has 1 aromatic rings. The first kappa shape index (κ1) is 16.4. The summed E-state index contributed by atoms with van der Waals surface area (Å²) >= 11 is 0. The summed E-state index contributed by atoms with van der Waals surface area (Å²) in [6.45, 7) is 9.41. The summed E-state index contributed by atoms with van der Waals surface area (Å²) in [6.07, 6.45) is 1.85. The molecule has 5 heteroatoms. The van der Waals surface area contributed by atoms with E-state index < -0.39 is 15.6 Å². The Kier molecular flexibility index (Phi) is 5.09. The summed E-state index contributed by atoms with van der Waals surface area (Å²) in [5.74, 6) is 0. The summed E-state index contributed by atoms with van der Waals surface area (Å²) in [6, 6.07) is 8.47. The second kappa shape index (κ2) is 6.21. The standard InChI is InChI=1S/C15H20N2O2S/c1-5-12-17(15(2,3)4)20(18,19)14-8-6-13(7-9-14)10-11-16/h5-9H,1,10,12H2,2-4H3. The number of nitriles is 1. The van der Waals surface area contributed by atoms with Crippen molar-refractivity contribution in [2.45, 2.75) is 37.6 Å². The van der Waals surface area contributed by atoms with E-state index in [1.54, 1.807) is 30.3 Å². The molecule has 1 rings (SSSR count). The van der Waals surface area contributed by atoms with Gasteiger partial charge >= 0.3 is 0 Å². The van der Waals surface area contributed by atoms with Crippen molar-refractivity contribution in [1.82, 2.24) is 4.31 Å². The molecule has 0 atom stereocenters. The summed E-state index contributed by atoms with van der Waals surface area (Å²) < 4.78 is 26.7. The molecule has 0 N–H and O–H groups in total. The Bertz CT molecular complexity index is 605. The molecule has 0 aliphatic heterocycles. The van der Waals surface area contributed by atoms with Crippen LogP contribution in [0.15, 0.2) is 41.8 Å². The van der Waals surface area contributed by atoms with Gasteiger partial charge in [0.2, 0.25) is 10.0 Å². The van der Waals surface area contributed by atoms with Crippen molar-refractivity contribution in [1.29, 1.82) is 5.26 Å². The Morgan fingerprint density at radius 3 is 2.25 bits per heavy atom. The van der Waals surface area contributed by atoms with Crippen LogP contribution in [0.5, 0.6) is 0 Å². The predicted octanol–water partition coefficient (Wildman–Crippen LogP) is 2.73. The van der Waals surface area contributed by atoms with Gasteiger partial charge in [0.25, 0.3) is 0 Å². The van der Waals surface area contributed by atoms with Crippen LogP contribution in [0.25, 0.3) is 0 Å². The van der Waals surface area contributed by atoms with Gasteiger partial charge in [-0.25, -0.2) is 8.42 Å². The first-order valence-electron chi connectivity index (χ1n) is 6.33. The van der Waals surface area contributed by atoms with Gasteiger partial charge in [-0.2, -0.15) is 9.57 Å².